The molecule has 0 unspecified atom stereocenters. The molecule has 3 aromatic rings. The average Bonchev–Trinajstić information content (AvgIpc) is 3.03. The number of rotatable bonds is 7. The Labute approximate surface area is 156 Å². The van der Waals surface area contributed by atoms with Crippen molar-refractivity contribution in [2.75, 3.05) is 6.54 Å². The van der Waals surface area contributed by atoms with Crippen LogP contribution in [-0.2, 0) is 23.5 Å². The van der Waals surface area contributed by atoms with E-state index in [1.165, 1.54) is 18.3 Å². The number of pyridine rings is 1. The maximum Gasteiger partial charge on any atom is 0.240 e. The van der Waals surface area contributed by atoms with Crippen LogP contribution in [0.3, 0.4) is 0 Å². The summed E-state index contributed by atoms with van der Waals surface area (Å²) in [6.07, 6.45) is 3.50. The summed E-state index contributed by atoms with van der Waals surface area (Å²) in [7, 11) is -1.96. The number of sulfonamides is 1. The van der Waals surface area contributed by atoms with Crippen molar-refractivity contribution in [2.24, 2.45) is 7.05 Å². The maximum atomic E-state index is 12.9. The SMILES string of the molecule is Cn1c(CCNS(=O)(=O)c2ccc(F)cc2)ccc1C(=O)c1cccnc1. The lowest BCUT2D eigenvalue weighted by Gasteiger charge is -2.09. The van der Waals surface area contributed by atoms with Crippen LogP contribution in [0.5, 0.6) is 0 Å². The number of benzene rings is 1. The normalized spacial score (nSPS) is 11.5. The molecular formula is C19H18FN3O3S. The van der Waals surface area contributed by atoms with Crippen molar-refractivity contribution >= 4 is 15.8 Å². The second kappa shape index (κ2) is 7.81. The zero-order valence-corrected chi connectivity index (χ0v) is 15.4. The largest absolute Gasteiger partial charge is 0.345 e. The summed E-state index contributed by atoms with van der Waals surface area (Å²) in [5.41, 5.74) is 1.80. The molecule has 0 bridgehead atoms. The Kier molecular flexibility index (Phi) is 5.48. The van der Waals surface area contributed by atoms with Gasteiger partial charge < -0.3 is 4.57 Å². The molecule has 3 rings (SSSR count). The fraction of sp³-hybridized carbons (Fsp3) is 0.158. The Bertz CT molecular complexity index is 1050. The number of carbonyl (C=O) groups excluding carboxylic acids is 1. The van der Waals surface area contributed by atoms with Crippen molar-refractivity contribution in [1.29, 1.82) is 0 Å². The predicted molar refractivity (Wildman–Crippen MR) is 98.4 cm³/mol. The fourth-order valence-electron chi connectivity index (χ4n) is 2.69. The van der Waals surface area contributed by atoms with E-state index >= 15 is 0 Å². The van der Waals surface area contributed by atoms with Crippen molar-refractivity contribution in [1.82, 2.24) is 14.3 Å². The number of hydrogen-bond acceptors (Lipinski definition) is 4. The van der Waals surface area contributed by atoms with Crippen LogP contribution in [0.1, 0.15) is 21.7 Å². The lowest BCUT2D eigenvalue weighted by molar-refractivity contribution is 0.103. The number of hydrogen-bond donors (Lipinski definition) is 1. The van der Waals surface area contributed by atoms with Crippen LogP contribution in [0.2, 0.25) is 0 Å². The molecule has 2 aromatic heterocycles. The van der Waals surface area contributed by atoms with E-state index in [0.717, 1.165) is 17.8 Å². The molecule has 0 radical (unpaired) electrons. The van der Waals surface area contributed by atoms with Gasteiger partial charge in [0.05, 0.1) is 10.6 Å². The predicted octanol–water partition coefficient (Wildman–Crippen LogP) is 2.31. The van der Waals surface area contributed by atoms with Crippen LogP contribution in [0, 0.1) is 5.82 Å². The van der Waals surface area contributed by atoms with Gasteiger partial charge in [0.15, 0.2) is 0 Å². The lowest BCUT2D eigenvalue weighted by Crippen LogP contribution is -2.26. The number of aromatic nitrogens is 2. The van der Waals surface area contributed by atoms with E-state index in [9.17, 15) is 17.6 Å². The smallest absolute Gasteiger partial charge is 0.240 e. The van der Waals surface area contributed by atoms with E-state index in [1.807, 2.05) is 0 Å². The van der Waals surface area contributed by atoms with E-state index in [2.05, 4.69) is 9.71 Å². The first-order valence-corrected chi connectivity index (χ1v) is 9.71. The Hall–Kier alpha value is -2.84. The first-order valence-electron chi connectivity index (χ1n) is 8.23. The molecule has 1 N–H and O–H groups in total. The Morgan fingerprint density at radius 1 is 1.15 bits per heavy atom. The molecule has 2 heterocycles. The molecule has 0 saturated heterocycles. The zero-order chi connectivity index (χ0) is 19.4. The van der Waals surface area contributed by atoms with Gasteiger partial charge in [0, 0.05) is 43.7 Å². The summed E-state index contributed by atoms with van der Waals surface area (Å²) in [5.74, 6) is -0.646. The van der Waals surface area contributed by atoms with Crippen molar-refractivity contribution in [3.63, 3.8) is 0 Å². The number of nitrogens with one attached hydrogen (secondary N) is 1. The van der Waals surface area contributed by atoms with Gasteiger partial charge in [-0.2, -0.15) is 0 Å². The van der Waals surface area contributed by atoms with Gasteiger partial charge >= 0.3 is 0 Å². The van der Waals surface area contributed by atoms with E-state index < -0.39 is 15.8 Å². The molecule has 0 aliphatic heterocycles. The topological polar surface area (TPSA) is 81.1 Å². The molecule has 0 saturated carbocycles. The monoisotopic (exact) mass is 387 g/mol. The van der Waals surface area contributed by atoms with Crippen LogP contribution < -0.4 is 4.72 Å². The molecule has 0 spiro atoms. The van der Waals surface area contributed by atoms with E-state index in [-0.39, 0.29) is 17.2 Å². The second-order valence-electron chi connectivity index (χ2n) is 5.94. The van der Waals surface area contributed by atoms with Crippen LogP contribution >= 0.6 is 0 Å². The van der Waals surface area contributed by atoms with Gasteiger partial charge in [0.1, 0.15) is 5.82 Å². The molecule has 0 aliphatic rings. The molecule has 6 nitrogen and oxygen atoms in total. The first-order chi connectivity index (χ1) is 12.9. The van der Waals surface area contributed by atoms with Crippen molar-refractivity contribution in [3.05, 3.63) is 83.7 Å². The minimum atomic E-state index is -3.71. The number of halogens is 1. The van der Waals surface area contributed by atoms with E-state index in [0.29, 0.717) is 17.7 Å². The quantitative estimate of drug-likeness (QED) is 0.631. The molecule has 27 heavy (non-hydrogen) atoms. The standard InChI is InChI=1S/C19H18FN3O3S/c1-23-16(6-9-18(23)19(24)14-3-2-11-21-13-14)10-12-22-27(25,26)17-7-4-15(20)5-8-17/h2-9,11,13,22H,10,12H2,1H3. The fourth-order valence-corrected chi connectivity index (χ4v) is 3.72. The molecule has 0 atom stereocenters. The second-order valence-corrected chi connectivity index (χ2v) is 7.71. The average molecular weight is 387 g/mol. The number of ketones is 1. The third kappa shape index (κ3) is 4.29. The van der Waals surface area contributed by atoms with Gasteiger partial charge in [-0.3, -0.25) is 9.78 Å². The van der Waals surface area contributed by atoms with Gasteiger partial charge in [0.2, 0.25) is 15.8 Å². The molecule has 0 aliphatic carbocycles. The van der Waals surface area contributed by atoms with Crippen molar-refractivity contribution < 1.29 is 17.6 Å². The highest BCUT2D eigenvalue weighted by atomic mass is 32.2. The Morgan fingerprint density at radius 3 is 2.56 bits per heavy atom. The number of carbonyl (C=O) groups is 1. The Morgan fingerprint density at radius 2 is 1.89 bits per heavy atom. The third-order valence-electron chi connectivity index (χ3n) is 4.18. The highest BCUT2D eigenvalue weighted by Gasteiger charge is 2.16. The molecule has 0 amide bonds. The van der Waals surface area contributed by atoms with Crippen LogP contribution in [0.15, 0.2) is 65.8 Å². The number of nitrogens with zero attached hydrogens (tertiary/aromatic N) is 2. The molecule has 140 valence electrons. The van der Waals surface area contributed by atoms with Crippen LogP contribution in [0.4, 0.5) is 4.39 Å². The molecule has 8 heteroatoms. The van der Waals surface area contributed by atoms with E-state index in [1.54, 1.807) is 42.1 Å². The maximum absolute atomic E-state index is 12.9. The van der Waals surface area contributed by atoms with E-state index in [4.69, 9.17) is 0 Å². The minimum Gasteiger partial charge on any atom is -0.345 e. The first kappa shape index (κ1) is 18.9. The summed E-state index contributed by atoms with van der Waals surface area (Å²) in [6, 6.07) is 11.5. The van der Waals surface area contributed by atoms with Crippen molar-refractivity contribution in [2.45, 2.75) is 11.3 Å². The van der Waals surface area contributed by atoms with Gasteiger partial charge in [-0.1, -0.05) is 0 Å². The summed E-state index contributed by atoms with van der Waals surface area (Å²) in [6.45, 7) is 0.151. The van der Waals surface area contributed by atoms with Crippen molar-refractivity contribution in [3.8, 4) is 0 Å². The Balaban J connectivity index is 1.66. The lowest BCUT2D eigenvalue weighted by atomic mass is 10.1. The molecular weight excluding hydrogens is 369 g/mol. The zero-order valence-electron chi connectivity index (χ0n) is 14.6. The summed E-state index contributed by atoms with van der Waals surface area (Å²) < 4.78 is 41.6. The van der Waals surface area contributed by atoms with Gasteiger partial charge in [-0.25, -0.2) is 17.5 Å². The highest BCUT2D eigenvalue weighted by Crippen LogP contribution is 2.14. The highest BCUT2D eigenvalue weighted by molar-refractivity contribution is 7.89. The summed E-state index contributed by atoms with van der Waals surface area (Å²) in [4.78, 5) is 16.5. The summed E-state index contributed by atoms with van der Waals surface area (Å²) in [5, 5.41) is 0. The third-order valence-corrected chi connectivity index (χ3v) is 5.66. The van der Waals surface area contributed by atoms with Gasteiger partial charge in [-0.15, -0.1) is 0 Å². The summed E-state index contributed by atoms with van der Waals surface area (Å²) >= 11 is 0. The van der Waals surface area contributed by atoms with Crippen LogP contribution in [0.25, 0.3) is 0 Å². The van der Waals surface area contributed by atoms with Crippen LogP contribution in [-0.4, -0.2) is 30.3 Å². The molecule has 1 aromatic carbocycles. The van der Waals surface area contributed by atoms with Gasteiger partial charge in [-0.05, 0) is 48.5 Å². The minimum absolute atomic E-state index is 0.00299. The molecule has 0 fully saturated rings. The van der Waals surface area contributed by atoms with Gasteiger partial charge in [0.25, 0.3) is 0 Å².